The van der Waals surface area contributed by atoms with Crippen molar-refractivity contribution in [2.75, 3.05) is 12.3 Å². The number of anilines is 1. The fraction of sp³-hybridized carbons (Fsp3) is 0.308. The maximum Gasteiger partial charge on any atom is 0.418 e. The number of nitrogen functional groups attached to an aromatic ring is 1. The fourth-order valence-electron chi connectivity index (χ4n) is 1.31. The molecule has 0 saturated heterocycles. The number of benzene rings is 1. The fourth-order valence-corrected chi connectivity index (χ4v) is 1.31. The van der Waals surface area contributed by atoms with E-state index in [4.69, 9.17) is 5.73 Å². The third kappa shape index (κ3) is 4.54. The summed E-state index contributed by atoms with van der Waals surface area (Å²) < 4.78 is 42.4. The zero-order valence-corrected chi connectivity index (χ0v) is 10.2. The van der Waals surface area contributed by atoms with Crippen LogP contribution < -0.4 is 5.73 Å². The molecule has 0 heterocycles. The molecule has 0 unspecified atom stereocenters. The number of carbonyl (C=O) groups excluding carboxylic acids is 1. The molecule has 0 aromatic heterocycles. The summed E-state index contributed by atoms with van der Waals surface area (Å²) in [7, 11) is 0. The lowest BCUT2D eigenvalue weighted by Crippen LogP contribution is -2.09. The van der Waals surface area contributed by atoms with Gasteiger partial charge in [-0.15, -0.1) is 0 Å². The first-order chi connectivity index (χ1) is 8.84. The van der Waals surface area contributed by atoms with E-state index in [1.165, 1.54) is 6.07 Å². The van der Waals surface area contributed by atoms with Crippen molar-refractivity contribution >= 4 is 11.7 Å². The first kappa shape index (κ1) is 14.9. The van der Waals surface area contributed by atoms with Gasteiger partial charge in [0.15, 0.2) is 0 Å². The van der Waals surface area contributed by atoms with Crippen molar-refractivity contribution in [3.63, 3.8) is 0 Å². The van der Waals surface area contributed by atoms with Gasteiger partial charge in [-0.2, -0.15) is 13.2 Å². The molecule has 0 atom stereocenters. The van der Waals surface area contributed by atoms with E-state index in [0.29, 0.717) is 0 Å². The van der Waals surface area contributed by atoms with Crippen LogP contribution in [0.3, 0.4) is 0 Å². The van der Waals surface area contributed by atoms with Crippen LogP contribution in [-0.4, -0.2) is 12.6 Å². The number of esters is 1. The number of hydrogen-bond acceptors (Lipinski definition) is 3. The monoisotopic (exact) mass is 271 g/mol. The van der Waals surface area contributed by atoms with Crippen LogP contribution in [0.4, 0.5) is 18.9 Å². The SMILES string of the molecule is CCOC(=O)CC#Cc1ccc(N)c(C(F)(F)F)c1. The smallest absolute Gasteiger partial charge is 0.418 e. The molecule has 1 aromatic carbocycles. The minimum atomic E-state index is -4.52. The maximum absolute atomic E-state index is 12.6. The summed E-state index contributed by atoms with van der Waals surface area (Å²) in [6.45, 7) is 1.89. The van der Waals surface area contributed by atoms with Crippen LogP contribution in [0.5, 0.6) is 0 Å². The molecule has 2 N–H and O–H groups in total. The lowest BCUT2D eigenvalue weighted by atomic mass is 10.1. The van der Waals surface area contributed by atoms with E-state index < -0.39 is 17.7 Å². The van der Waals surface area contributed by atoms with Crippen LogP contribution in [0.25, 0.3) is 0 Å². The molecule has 3 nitrogen and oxygen atoms in total. The van der Waals surface area contributed by atoms with Crippen molar-refractivity contribution < 1.29 is 22.7 Å². The average molecular weight is 271 g/mol. The number of hydrogen-bond donors (Lipinski definition) is 1. The number of ether oxygens (including phenoxy) is 1. The zero-order valence-electron chi connectivity index (χ0n) is 10.2. The Morgan fingerprint density at radius 2 is 2.11 bits per heavy atom. The first-order valence-electron chi connectivity index (χ1n) is 5.45. The van der Waals surface area contributed by atoms with Crippen molar-refractivity contribution in [2.24, 2.45) is 0 Å². The predicted octanol–water partition coefficient (Wildman–Crippen LogP) is 2.59. The number of halogens is 3. The summed E-state index contributed by atoms with van der Waals surface area (Å²) in [6.07, 6.45) is -4.69. The van der Waals surface area contributed by atoms with Gasteiger partial charge in [-0.3, -0.25) is 4.79 Å². The van der Waals surface area contributed by atoms with Gasteiger partial charge >= 0.3 is 12.1 Å². The number of rotatable bonds is 2. The molecule has 0 saturated carbocycles. The third-order valence-electron chi connectivity index (χ3n) is 2.13. The molecule has 1 rings (SSSR count). The van der Waals surface area contributed by atoms with Crippen LogP contribution in [0, 0.1) is 11.8 Å². The highest BCUT2D eigenvalue weighted by Crippen LogP contribution is 2.33. The molecular formula is C13H12F3NO2. The van der Waals surface area contributed by atoms with Gasteiger partial charge in [-0.1, -0.05) is 11.8 Å². The zero-order chi connectivity index (χ0) is 14.5. The van der Waals surface area contributed by atoms with Gasteiger partial charge in [0, 0.05) is 11.3 Å². The molecule has 19 heavy (non-hydrogen) atoms. The summed E-state index contributed by atoms with van der Waals surface area (Å²) in [4.78, 5) is 11.0. The van der Waals surface area contributed by atoms with Gasteiger partial charge in [0.2, 0.25) is 0 Å². The predicted molar refractivity (Wildman–Crippen MR) is 64.0 cm³/mol. The van der Waals surface area contributed by atoms with E-state index in [1.54, 1.807) is 6.92 Å². The van der Waals surface area contributed by atoms with Crippen molar-refractivity contribution in [2.45, 2.75) is 19.5 Å². The van der Waals surface area contributed by atoms with Crippen LogP contribution in [-0.2, 0) is 15.7 Å². The third-order valence-corrected chi connectivity index (χ3v) is 2.13. The van der Waals surface area contributed by atoms with Gasteiger partial charge in [-0.05, 0) is 25.1 Å². The highest BCUT2D eigenvalue weighted by atomic mass is 19.4. The highest BCUT2D eigenvalue weighted by molar-refractivity contribution is 5.72. The summed E-state index contributed by atoms with van der Waals surface area (Å²) in [5.74, 6) is 4.41. The molecule has 0 aliphatic carbocycles. The van der Waals surface area contributed by atoms with Gasteiger partial charge < -0.3 is 10.5 Å². The Labute approximate surface area is 108 Å². The summed E-state index contributed by atoms with van der Waals surface area (Å²) >= 11 is 0. The normalized spacial score (nSPS) is 10.5. The molecule has 0 spiro atoms. The minimum absolute atomic E-state index is 0.144. The van der Waals surface area contributed by atoms with E-state index in [0.717, 1.165) is 12.1 Å². The molecule has 1 aromatic rings. The second kappa shape index (κ2) is 6.14. The van der Waals surface area contributed by atoms with E-state index in [2.05, 4.69) is 16.6 Å². The van der Waals surface area contributed by atoms with Gasteiger partial charge in [0.05, 0.1) is 12.2 Å². The van der Waals surface area contributed by atoms with Crippen LogP contribution in [0.2, 0.25) is 0 Å². The van der Waals surface area contributed by atoms with Gasteiger partial charge in [0.1, 0.15) is 6.42 Å². The molecule has 6 heteroatoms. The van der Waals surface area contributed by atoms with E-state index >= 15 is 0 Å². The number of alkyl halides is 3. The number of carbonyl (C=O) groups is 1. The standard InChI is InChI=1S/C13H12F3NO2/c1-2-19-12(18)5-3-4-9-6-7-11(17)10(8-9)13(14,15)16/h6-8H,2,5,17H2,1H3. The van der Waals surface area contributed by atoms with Crippen molar-refractivity contribution in [1.82, 2.24) is 0 Å². The minimum Gasteiger partial charge on any atom is -0.465 e. The van der Waals surface area contributed by atoms with Gasteiger partial charge in [0.25, 0.3) is 0 Å². The Morgan fingerprint density at radius 1 is 1.42 bits per heavy atom. The summed E-state index contributed by atoms with van der Waals surface area (Å²) in [5.41, 5.74) is 4.10. The highest BCUT2D eigenvalue weighted by Gasteiger charge is 2.32. The largest absolute Gasteiger partial charge is 0.465 e. The Morgan fingerprint density at radius 3 is 2.68 bits per heavy atom. The average Bonchev–Trinajstić information content (AvgIpc) is 2.30. The molecule has 0 aliphatic rings. The van der Waals surface area contributed by atoms with Crippen LogP contribution in [0.1, 0.15) is 24.5 Å². The maximum atomic E-state index is 12.6. The first-order valence-corrected chi connectivity index (χ1v) is 5.45. The Hall–Kier alpha value is -2.16. The van der Waals surface area contributed by atoms with Crippen LogP contribution in [0.15, 0.2) is 18.2 Å². The Kier molecular flexibility index (Phi) is 4.81. The molecule has 0 amide bonds. The Bertz CT molecular complexity index is 527. The molecular weight excluding hydrogens is 259 g/mol. The van der Waals surface area contributed by atoms with Gasteiger partial charge in [-0.25, -0.2) is 0 Å². The quantitative estimate of drug-likeness (QED) is 0.511. The summed E-state index contributed by atoms with van der Waals surface area (Å²) in [6, 6.07) is 3.35. The second-order valence-corrected chi connectivity index (χ2v) is 3.58. The van der Waals surface area contributed by atoms with Crippen molar-refractivity contribution in [1.29, 1.82) is 0 Å². The molecule has 0 bridgehead atoms. The topological polar surface area (TPSA) is 52.3 Å². The van der Waals surface area contributed by atoms with E-state index in [-0.39, 0.29) is 24.3 Å². The lowest BCUT2D eigenvalue weighted by Gasteiger charge is -2.09. The lowest BCUT2D eigenvalue weighted by molar-refractivity contribution is -0.142. The van der Waals surface area contributed by atoms with Crippen molar-refractivity contribution in [3.8, 4) is 11.8 Å². The number of nitrogens with two attached hydrogens (primary N) is 1. The molecule has 102 valence electrons. The van der Waals surface area contributed by atoms with Crippen molar-refractivity contribution in [3.05, 3.63) is 29.3 Å². The molecule has 0 aliphatic heterocycles. The van der Waals surface area contributed by atoms with E-state index in [1.807, 2.05) is 0 Å². The van der Waals surface area contributed by atoms with Crippen LogP contribution >= 0.6 is 0 Å². The van der Waals surface area contributed by atoms with E-state index in [9.17, 15) is 18.0 Å². The second-order valence-electron chi connectivity index (χ2n) is 3.58. The molecule has 0 fully saturated rings. The molecule has 0 radical (unpaired) electrons. The summed E-state index contributed by atoms with van der Waals surface area (Å²) in [5, 5.41) is 0. The Balaban J connectivity index is 2.87.